The Hall–Kier alpha value is -0.840. The molecular weight excluding hydrogens is 237 g/mol. The number of aromatic nitrogens is 2. The van der Waals surface area contributed by atoms with Gasteiger partial charge in [0, 0.05) is 11.3 Å². The molecule has 0 spiro atoms. The fourth-order valence-electron chi connectivity index (χ4n) is 2.23. The molecule has 1 aliphatic carbocycles. The quantitative estimate of drug-likeness (QED) is 0.897. The van der Waals surface area contributed by atoms with Crippen LogP contribution in [0, 0.1) is 5.82 Å². The molecule has 2 rings (SSSR count). The second kappa shape index (κ2) is 5.67. The highest BCUT2D eigenvalue weighted by atomic mass is 32.2. The Balaban J connectivity index is 2.04. The number of hydrogen-bond donors (Lipinski definition) is 1. The van der Waals surface area contributed by atoms with E-state index < -0.39 is 0 Å². The summed E-state index contributed by atoms with van der Waals surface area (Å²) in [5.41, 5.74) is 0.488. The van der Waals surface area contributed by atoms with Crippen LogP contribution >= 0.6 is 11.8 Å². The lowest BCUT2D eigenvalue weighted by molar-refractivity contribution is 0.591. The van der Waals surface area contributed by atoms with Crippen LogP contribution in [-0.4, -0.2) is 27.5 Å². The first-order chi connectivity index (χ1) is 8.24. The van der Waals surface area contributed by atoms with Crippen molar-refractivity contribution in [3.8, 4) is 0 Å². The maximum atomic E-state index is 13.9. The minimum atomic E-state index is -0.289. The molecule has 1 heterocycles. The Morgan fingerprint density at radius 1 is 1.47 bits per heavy atom. The van der Waals surface area contributed by atoms with Crippen molar-refractivity contribution in [3.63, 3.8) is 0 Å². The van der Waals surface area contributed by atoms with E-state index in [1.165, 1.54) is 12.7 Å². The number of nitrogens with zero attached hydrogens (tertiary/aromatic N) is 2. The summed E-state index contributed by atoms with van der Waals surface area (Å²) in [6.45, 7) is 1.90. The molecule has 17 heavy (non-hydrogen) atoms. The van der Waals surface area contributed by atoms with Crippen molar-refractivity contribution in [2.75, 3.05) is 11.6 Å². The second-order valence-electron chi connectivity index (χ2n) is 4.35. The summed E-state index contributed by atoms with van der Waals surface area (Å²) >= 11 is 1.89. The molecule has 1 saturated carbocycles. The third-order valence-electron chi connectivity index (χ3n) is 3.26. The molecular formula is C12H18FN3S. The lowest BCUT2D eigenvalue weighted by Gasteiger charge is -2.14. The standard InChI is InChI=1S/C12H18FN3S/c1-3-10-11(13)12(15-7-14-10)16-8-4-5-9(6-8)17-2/h7-9H,3-6H2,1-2H3,(H,14,15,16). The van der Waals surface area contributed by atoms with Crippen molar-refractivity contribution >= 4 is 17.6 Å². The van der Waals surface area contributed by atoms with Gasteiger partial charge in [-0.25, -0.2) is 14.4 Å². The van der Waals surface area contributed by atoms with E-state index in [2.05, 4.69) is 21.5 Å². The molecule has 1 aromatic rings. The van der Waals surface area contributed by atoms with Gasteiger partial charge in [0.05, 0.1) is 5.69 Å². The highest BCUT2D eigenvalue weighted by Gasteiger charge is 2.25. The fraction of sp³-hybridized carbons (Fsp3) is 0.667. The molecule has 0 saturated heterocycles. The van der Waals surface area contributed by atoms with Crippen molar-refractivity contribution in [1.82, 2.24) is 9.97 Å². The van der Waals surface area contributed by atoms with Crippen LogP contribution in [0.2, 0.25) is 0 Å². The number of hydrogen-bond acceptors (Lipinski definition) is 4. The predicted octanol–water partition coefficient (Wildman–Crippen LogP) is 2.87. The Bertz CT molecular complexity index is 386. The number of thioether (sulfide) groups is 1. The van der Waals surface area contributed by atoms with Crippen molar-refractivity contribution in [2.45, 2.75) is 43.9 Å². The van der Waals surface area contributed by atoms with E-state index in [0.29, 0.717) is 29.2 Å². The van der Waals surface area contributed by atoms with E-state index in [9.17, 15) is 4.39 Å². The van der Waals surface area contributed by atoms with Gasteiger partial charge < -0.3 is 5.32 Å². The summed E-state index contributed by atoms with van der Waals surface area (Å²) in [5.74, 6) is 0.0752. The maximum absolute atomic E-state index is 13.9. The van der Waals surface area contributed by atoms with Crippen molar-refractivity contribution in [3.05, 3.63) is 17.8 Å². The molecule has 3 nitrogen and oxygen atoms in total. The summed E-state index contributed by atoms with van der Waals surface area (Å²) < 4.78 is 13.9. The smallest absolute Gasteiger partial charge is 0.186 e. The highest BCUT2D eigenvalue weighted by molar-refractivity contribution is 7.99. The SMILES string of the molecule is CCc1ncnc(NC2CCC(SC)C2)c1F. The van der Waals surface area contributed by atoms with Crippen molar-refractivity contribution in [2.24, 2.45) is 0 Å². The molecule has 2 unspecified atom stereocenters. The first-order valence-electron chi connectivity index (χ1n) is 6.03. The summed E-state index contributed by atoms with van der Waals surface area (Å²) in [7, 11) is 0. The molecule has 0 aliphatic heterocycles. The van der Waals surface area contributed by atoms with Crippen LogP contribution in [0.3, 0.4) is 0 Å². The molecule has 1 N–H and O–H groups in total. The topological polar surface area (TPSA) is 37.8 Å². The third kappa shape index (κ3) is 2.89. The van der Waals surface area contributed by atoms with Gasteiger partial charge in [0.2, 0.25) is 0 Å². The van der Waals surface area contributed by atoms with Crippen LogP contribution < -0.4 is 5.32 Å². The molecule has 2 atom stereocenters. The third-order valence-corrected chi connectivity index (χ3v) is 4.35. The van der Waals surface area contributed by atoms with Crippen LogP contribution in [0.5, 0.6) is 0 Å². The number of aryl methyl sites for hydroxylation is 1. The normalized spacial score (nSPS) is 23.9. The minimum Gasteiger partial charge on any atom is -0.365 e. The summed E-state index contributed by atoms with van der Waals surface area (Å²) in [6, 6.07) is 0.349. The first kappa shape index (κ1) is 12.6. The van der Waals surface area contributed by atoms with E-state index in [4.69, 9.17) is 0 Å². The average molecular weight is 255 g/mol. The number of rotatable bonds is 4. The van der Waals surface area contributed by atoms with E-state index in [1.807, 2.05) is 18.7 Å². The van der Waals surface area contributed by atoms with Gasteiger partial charge in [0.1, 0.15) is 6.33 Å². The highest BCUT2D eigenvalue weighted by Crippen LogP contribution is 2.30. The molecule has 5 heteroatoms. The lowest BCUT2D eigenvalue weighted by Crippen LogP contribution is -2.18. The molecule has 94 valence electrons. The van der Waals surface area contributed by atoms with E-state index in [1.54, 1.807) is 0 Å². The molecule has 0 aromatic carbocycles. The van der Waals surface area contributed by atoms with Crippen LogP contribution in [0.25, 0.3) is 0 Å². The van der Waals surface area contributed by atoms with Gasteiger partial charge in [-0.05, 0) is 31.9 Å². The molecule has 1 aromatic heterocycles. The van der Waals surface area contributed by atoms with Gasteiger partial charge in [0.25, 0.3) is 0 Å². The fourth-order valence-corrected chi connectivity index (χ4v) is 3.03. The molecule has 1 fully saturated rings. The van der Waals surface area contributed by atoms with Gasteiger partial charge in [-0.15, -0.1) is 0 Å². The van der Waals surface area contributed by atoms with Crippen molar-refractivity contribution in [1.29, 1.82) is 0 Å². The zero-order valence-electron chi connectivity index (χ0n) is 10.2. The van der Waals surface area contributed by atoms with E-state index in [0.717, 1.165) is 12.8 Å². The first-order valence-corrected chi connectivity index (χ1v) is 7.32. The Morgan fingerprint density at radius 3 is 2.94 bits per heavy atom. The number of anilines is 1. The van der Waals surface area contributed by atoms with Crippen LogP contribution in [0.15, 0.2) is 6.33 Å². The van der Waals surface area contributed by atoms with E-state index >= 15 is 0 Å². The van der Waals surface area contributed by atoms with Gasteiger partial charge in [0.15, 0.2) is 11.6 Å². The molecule has 0 amide bonds. The number of nitrogens with one attached hydrogen (secondary N) is 1. The molecule has 1 aliphatic rings. The van der Waals surface area contributed by atoms with Gasteiger partial charge in [-0.2, -0.15) is 11.8 Å². The Kier molecular flexibility index (Phi) is 4.20. The zero-order valence-corrected chi connectivity index (χ0v) is 11.1. The van der Waals surface area contributed by atoms with Gasteiger partial charge in [-0.3, -0.25) is 0 Å². The average Bonchev–Trinajstić information content (AvgIpc) is 2.79. The second-order valence-corrected chi connectivity index (χ2v) is 5.49. The largest absolute Gasteiger partial charge is 0.365 e. The monoisotopic (exact) mass is 255 g/mol. The van der Waals surface area contributed by atoms with Crippen LogP contribution in [-0.2, 0) is 6.42 Å². The van der Waals surface area contributed by atoms with Gasteiger partial charge in [-0.1, -0.05) is 6.92 Å². The zero-order chi connectivity index (χ0) is 12.3. The Morgan fingerprint density at radius 2 is 2.29 bits per heavy atom. The maximum Gasteiger partial charge on any atom is 0.186 e. The molecule has 0 radical (unpaired) electrons. The Labute approximate surface area is 106 Å². The summed E-state index contributed by atoms with van der Waals surface area (Å²) in [5, 5.41) is 3.91. The van der Waals surface area contributed by atoms with Crippen LogP contribution in [0.1, 0.15) is 31.9 Å². The predicted molar refractivity (Wildman–Crippen MR) is 69.9 cm³/mol. The lowest BCUT2D eigenvalue weighted by atomic mass is 10.2. The summed E-state index contributed by atoms with van der Waals surface area (Å²) in [4.78, 5) is 7.93. The van der Waals surface area contributed by atoms with E-state index in [-0.39, 0.29) is 5.82 Å². The minimum absolute atomic E-state index is 0.289. The number of halogens is 1. The van der Waals surface area contributed by atoms with Gasteiger partial charge >= 0.3 is 0 Å². The van der Waals surface area contributed by atoms with Crippen LogP contribution in [0.4, 0.5) is 10.2 Å². The molecule has 0 bridgehead atoms. The van der Waals surface area contributed by atoms with Crippen molar-refractivity contribution < 1.29 is 4.39 Å². The summed E-state index contributed by atoms with van der Waals surface area (Å²) in [6.07, 6.45) is 7.55.